The minimum atomic E-state index is 0.189. The molecule has 1 aromatic heterocycles. The van der Waals surface area contributed by atoms with Crippen molar-refractivity contribution in [2.75, 3.05) is 39.8 Å². The Morgan fingerprint density at radius 3 is 2.84 bits per heavy atom. The Balaban J connectivity index is 1.88. The Morgan fingerprint density at radius 1 is 1.36 bits per heavy atom. The molecule has 2 rings (SSSR count). The van der Waals surface area contributed by atoms with Crippen molar-refractivity contribution < 1.29 is 9.26 Å². The number of likely N-dealkylation sites (N-methyl/N-ethyl adjacent to an activating group) is 1. The summed E-state index contributed by atoms with van der Waals surface area (Å²) in [7, 11) is 2.12. The normalized spacial score (nSPS) is 19.4. The van der Waals surface area contributed by atoms with Crippen molar-refractivity contribution in [2.24, 2.45) is 4.99 Å². The van der Waals surface area contributed by atoms with E-state index in [9.17, 15) is 0 Å². The maximum atomic E-state index is 5.78. The van der Waals surface area contributed by atoms with Crippen LogP contribution in [0.5, 0.6) is 0 Å². The van der Waals surface area contributed by atoms with E-state index < -0.39 is 0 Å². The number of guanidine groups is 1. The second kappa shape index (κ2) is 10.4. The van der Waals surface area contributed by atoms with Gasteiger partial charge in [-0.05, 0) is 26.8 Å². The molecule has 1 aliphatic heterocycles. The van der Waals surface area contributed by atoms with E-state index in [4.69, 9.17) is 9.26 Å². The maximum absolute atomic E-state index is 5.78. The number of nitrogens with zero attached hydrogens (tertiary/aromatic N) is 3. The van der Waals surface area contributed by atoms with Gasteiger partial charge in [-0.1, -0.05) is 19.0 Å². The molecule has 0 aromatic carbocycles. The molecule has 142 valence electrons. The average molecular weight is 351 g/mol. The SMILES string of the molecule is CCNC(=NCc1cc(C(CC)CC)no1)NCC1CN(C)CCO1. The van der Waals surface area contributed by atoms with Crippen molar-refractivity contribution in [3.63, 3.8) is 0 Å². The maximum Gasteiger partial charge on any atom is 0.191 e. The van der Waals surface area contributed by atoms with Gasteiger partial charge < -0.3 is 24.8 Å². The summed E-state index contributed by atoms with van der Waals surface area (Å²) in [4.78, 5) is 6.89. The molecule has 0 aliphatic carbocycles. The number of morpholine rings is 1. The van der Waals surface area contributed by atoms with Gasteiger partial charge in [0.1, 0.15) is 6.54 Å². The molecule has 1 saturated heterocycles. The fourth-order valence-corrected chi connectivity index (χ4v) is 3.00. The second-order valence-corrected chi connectivity index (χ2v) is 6.56. The van der Waals surface area contributed by atoms with Crippen molar-refractivity contribution in [1.82, 2.24) is 20.7 Å². The van der Waals surface area contributed by atoms with Crippen LogP contribution in [0.2, 0.25) is 0 Å². The Morgan fingerprint density at radius 2 is 2.16 bits per heavy atom. The molecule has 25 heavy (non-hydrogen) atoms. The zero-order chi connectivity index (χ0) is 18.1. The Hall–Kier alpha value is -1.60. The summed E-state index contributed by atoms with van der Waals surface area (Å²) in [6, 6.07) is 2.03. The summed E-state index contributed by atoms with van der Waals surface area (Å²) >= 11 is 0. The third-order valence-electron chi connectivity index (χ3n) is 4.56. The second-order valence-electron chi connectivity index (χ2n) is 6.56. The van der Waals surface area contributed by atoms with Gasteiger partial charge in [-0.25, -0.2) is 4.99 Å². The molecule has 1 fully saturated rings. The van der Waals surface area contributed by atoms with Crippen LogP contribution in [0.3, 0.4) is 0 Å². The molecule has 1 atom stereocenters. The first-order valence-electron chi connectivity index (χ1n) is 9.44. The molecule has 0 saturated carbocycles. The number of hydrogen-bond acceptors (Lipinski definition) is 5. The molecule has 1 aromatic rings. The Bertz CT molecular complexity index is 527. The quantitative estimate of drug-likeness (QED) is 0.551. The van der Waals surface area contributed by atoms with Crippen LogP contribution in [-0.2, 0) is 11.3 Å². The van der Waals surface area contributed by atoms with Crippen molar-refractivity contribution in [3.05, 3.63) is 17.5 Å². The fraction of sp³-hybridized carbons (Fsp3) is 0.778. The third kappa shape index (κ3) is 6.32. The van der Waals surface area contributed by atoms with Gasteiger partial charge in [0, 0.05) is 38.2 Å². The summed E-state index contributed by atoms with van der Waals surface area (Å²) in [5, 5.41) is 10.8. The lowest BCUT2D eigenvalue weighted by molar-refractivity contribution is -0.0161. The van der Waals surface area contributed by atoms with Crippen LogP contribution in [0, 0.1) is 0 Å². The first kappa shape index (κ1) is 19.7. The predicted octanol–water partition coefficient (Wildman–Crippen LogP) is 1.96. The standard InChI is InChI=1S/C18H33N5O2/c1-5-14(6-2)17-10-15(25-22-17)11-20-18(19-7-3)21-12-16-13-23(4)8-9-24-16/h10,14,16H,5-9,11-13H2,1-4H3,(H2,19,20,21). The summed E-state index contributed by atoms with van der Waals surface area (Å²) in [6.07, 6.45) is 2.34. The molecule has 0 amide bonds. The largest absolute Gasteiger partial charge is 0.374 e. The number of aliphatic imine (C=N–C) groups is 1. The third-order valence-corrected chi connectivity index (χ3v) is 4.56. The Labute approximate surface area is 151 Å². The number of nitrogens with one attached hydrogen (secondary N) is 2. The molecule has 0 spiro atoms. The highest BCUT2D eigenvalue weighted by Gasteiger charge is 2.18. The lowest BCUT2D eigenvalue weighted by atomic mass is 9.99. The van der Waals surface area contributed by atoms with Gasteiger partial charge in [0.25, 0.3) is 0 Å². The summed E-state index contributed by atoms with van der Waals surface area (Å²) in [5.74, 6) is 2.04. The van der Waals surface area contributed by atoms with Gasteiger partial charge in [-0.15, -0.1) is 0 Å². The number of hydrogen-bond donors (Lipinski definition) is 2. The van der Waals surface area contributed by atoms with E-state index in [1.165, 1.54) is 0 Å². The lowest BCUT2D eigenvalue weighted by Gasteiger charge is -2.30. The van der Waals surface area contributed by atoms with Gasteiger partial charge >= 0.3 is 0 Å². The van der Waals surface area contributed by atoms with Crippen LogP contribution >= 0.6 is 0 Å². The topological polar surface area (TPSA) is 74.9 Å². The van der Waals surface area contributed by atoms with E-state index in [2.05, 4.69) is 53.5 Å². The minimum Gasteiger partial charge on any atom is -0.374 e. The molecular formula is C18H33N5O2. The van der Waals surface area contributed by atoms with E-state index >= 15 is 0 Å². The van der Waals surface area contributed by atoms with Gasteiger partial charge in [0.05, 0.1) is 18.4 Å². The van der Waals surface area contributed by atoms with Crippen molar-refractivity contribution in [1.29, 1.82) is 0 Å². The minimum absolute atomic E-state index is 0.189. The summed E-state index contributed by atoms with van der Waals surface area (Å²) in [5.41, 5.74) is 1.03. The molecule has 1 unspecified atom stereocenters. The smallest absolute Gasteiger partial charge is 0.191 e. The van der Waals surface area contributed by atoms with Crippen molar-refractivity contribution in [3.8, 4) is 0 Å². The molecule has 0 radical (unpaired) electrons. The highest BCUT2D eigenvalue weighted by Crippen LogP contribution is 2.22. The lowest BCUT2D eigenvalue weighted by Crippen LogP contribution is -2.48. The molecule has 7 heteroatoms. The molecule has 7 nitrogen and oxygen atoms in total. The van der Waals surface area contributed by atoms with Gasteiger partial charge in [0.2, 0.25) is 0 Å². The van der Waals surface area contributed by atoms with E-state index in [0.29, 0.717) is 12.5 Å². The first-order chi connectivity index (χ1) is 12.2. The Kier molecular flexibility index (Phi) is 8.21. The van der Waals surface area contributed by atoms with Crippen LogP contribution < -0.4 is 10.6 Å². The molecule has 0 bridgehead atoms. The molecule has 1 aliphatic rings. The first-order valence-corrected chi connectivity index (χ1v) is 9.44. The fourth-order valence-electron chi connectivity index (χ4n) is 3.00. The monoisotopic (exact) mass is 351 g/mol. The average Bonchev–Trinajstić information content (AvgIpc) is 3.07. The number of ether oxygens (including phenoxy) is 1. The van der Waals surface area contributed by atoms with E-state index in [1.807, 2.05) is 6.07 Å². The molecular weight excluding hydrogens is 318 g/mol. The molecule has 2 N–H and O–H groups in total. The highest BCUT2D eigenvalue weighted by molar-refractivity contribution is 5.79. The van der Waals surface area contributed by atoms with Crippen LogP contribution in [0.15, 0.2) is 15.6 Å². The van der Waals surface area contributed by atoms with E-state index in [-0.39, 0.29) is 6.10 Å². The summed E-state index contributed by atoms with van der Waals surface area (Å²) in [6.45, 7) is 11.2. The van der Waals surface area contributed by atoms with Crippen LogP contribution in [0.25, 0.3) is 0 Å². The van der Waals surface area contributed by atoms with Crippen molar-refractivity contribution in [2.45, 2.75) is 52.2 Å². The van der Waals surface area contributed by atoms with Crippen LogP contribution in [0.1, 0.15) is 51.0 Å². The van der Waals surface area contributed by atoms with E-state index in [1.54, 1.807) is 0 Å². The van der Waals surface area contributed by atoms with E-state index in [0.717, 1.165) is 63.0 Å². The number of aromatic nitrogens is 1. The highest BCUT2D eigenvalue weighted by atomic mass is 16.5. The predicted molar refractivity (Wildman–Crippen MR) is 99.9 cm³/mol. The zero-order valence-corrected chi connectivity index (χ0v) is 16.0. The van der Waals surface area contributed by atoms with Crippen LogP contribution in [-0.4, -0.2) is 62.0 Å². The van der Waals surface area contributed by atoms with Crippen LogP contribution in [0.4, 0.5) is 0 Å². The van der Waals surface area contributed by atoms with Gasteiger partial charge in [-0.2, -0.15) is 0 Å². The molecule has 2 heterocycles. The zero-order valence-electron chi connectivity index (χ0n) is 16.0. The van der Waals surface area contributed by atoms with Gasteiger partial charge in [-0.3, -0.25) is 0 Å². The van der Waals surface area contributed by atoms with Crippen molar-refractivity contribution >= 4 is 5.96 Å². The summed E-state index contributed by atoms with van der Waals surface area (Å²) < 4.78 is 11.2. The van der Waals surface area contributed by atoms with Gasteiger partial charge in [0.15, 0.2) is 11.7 Å². The number of rotatable bonds is 8.